The van der Waals surface area contributed by atoms with Crippen molar-refractivity contribution in [2.24, 2.45) is 0 Å². The van der Waals surface area contributed by atoms with Crippen LogP contribution in [0.25, 0.3) is 22.3 Å². The van der Waals surface area contributed by atoms with E-state index in [9.17, 15) is 15.0 Å². The molecule has 3 aromatic carbocycles. The van der Waals surface area contributed by atoms with E-state index in [2.05, 4.69) is 0 Å². The number of fused-ring (bicyclic) bond motifs is 1. The number of aromatic hydroxyl groups is 2. The first-order chi connectivity index (χ1) is 14.9. The monoisotopic (exact) mass is 417 g/mol. The number of rotatable bonds is 7. The minimum Gasteiger partial charge on any atom is -0.508 e. The average Bonchev–Trinajstić information content (AvgIpc) is 3.12. The molecule has 1 aromatic heterocycles. The highest BCUT2D eigenvalue weighted by Gasteiger charge is 2.23. The fraction of sp³-hybridized carbons (Fsp3) is 0.160. The summed E-state index contributed by atoms with van der Waals surface area (Å²) in [5.41, 5.74) is 1.97. The summed E-state index contributed by atoms with van der Waals surface area (Å²) in [6, 6.07) is 18.1. The molecule has 0 aliphatic carbocycles. The van der Waals surface area contributed by atoms with Crippen LogP contribution in [0.5, 0.6) is 17.2 Å². The number of furan rings is 1. The van der Waals surface area contributed by atoms with Gasteiger partial charge in [0.05, 0.1) is 5.56 Å². The highest BCUT2D eigenvalue weighted by atomic mass is 16.5. The zero-order chi connectivity index (χ0) is 22.0. The van der Waals surface area contributed by atoms with E-state index in [-0.39, 0.29) is 17.3 Å². The summed E-state index contributed by atoms with van der Waals surface area (Å²) >= 11 is 0. The molecule has 0 spiro atoms. The van der Waals surface area contributed by atoms with Crippen molar-refractivity contribution in [1.29, 1.82) is 0 Å². The molecule has 31 heavy (non-hydrogen) atoms. The van der Waals surface area contributed by atoms with Crippen LogP contribution in [0.4, 0.5) is 0 Å². The number of phenols is 2. The molecule has 0 saturated heterocycles. The van der Waals surface area contributed by atoms with Crippen LogP contribution in [-0.4, -0.2) is 48.1 Å². The topological polar surface area (TPSA) is 83.1 Å². The molecule has 6 nitrogen and oxygen atoms in total. The van der Waals surface area contributed by atoms with Crippen molar-refractivity contribution in [2.75, 3.05) is 27.2 Å². The van der Waals surface area contributed by atoms with Crippen LogP contribution >= 0.6 is 0 Å². The Labute approximate surface area is 179 Å². The second-order valence-electron chi connectivity index (χ2n) is 7.54. The van der Waals surface area contributed by atoms with Crippen molar-refractivity contribution >= 4 is 16.8 Å². The summed E-state index contributed by atoms with van der Waals surface area (Å²) in [7, 11) is 3.96. The fourth-order valence-corrected chi connectivity index (χ4v) is 3.32. The maximum Gasteiger partial charge on any atom is 0.197 e. The van der Waals surface area contributed by atoms with Gasteiger partial charge in [0.15, 0.2) is 5.78 Å². The number of ketones is 1. The summed E-state index contributed by atoms with van der Waals surface area (Å²) in [6.45, 7) is 1.35. The standard InChI is InChI=1S/C25H23NO5/c1-26(2)13-14-30-20-10-5-16(6-11-20)24(29)23-21-12-9-19(28)15-22(21)31-25(23)17-3-7-18(27)8-4-17/h3-12,15,27-28H,13-14H2,1-2H3. The quantitative estimate of drug-likeness (QED) is 0.425. The summed E-state index contributed by atoms with van der Waals surface area (Å²) in [5, 5.41) is 20.1. The van der Waals surface area contributed by atoms with E-state index in [1.807, 2.05) is 19.0 Å². The molecule has 158 valence electrons. The number of benzene rings is 3. The van der Waals surface area contributed by atoms with Crippen LogP contribution in [-0.2, 0) is 0 Å². The minimum absolute atomic E-state index is 0.0525. The lowest BCUT2D eigenvalue weighted by atomic mass is 9.97. The fourth-order valence-electron chi connectivity index (χ4n) is 3.32. The summed E-state index contributed by atoms with van der Waals surface area (Å²) < 4.78 is 11.7. The van der Waals surface area contributed by atoms with Gasteiger partial charge in [0.2, 0.25) is 0 Å². The zero-order valence-electron chi connectivity index (χ0n) is 17.3. The maximum atomic E-state index is 13.5. The van der Waals surface area contributed by atoms with Gasteiger partial charge in [0, 0.05) is 29.1 Å². The van der Waals surface area contributed by atoms with Crippen LogP contribution in [0.2, 0.25) is 0 Å². The molecule has 2 N–H and O–H groups in total. The van der Waals surface area contributed by atoms with Crippen molar-refractivity contribution in [3.8, 4) is 28.6 Å². The van der Waals surface area contributed by atoms with E-state index in [4.69, 9.17) is 9.15 Å². The molecule has 0 fully saturated rings. The Balaban J connectivity index is 1.71. The van der Waals surface area contributed by atoms with Gasteiger partial charge in [-0.05, 0) is 74.8 Å². The highest BCUT2D eigenvalue weighted by Crippen LogP contribution is 2.37. The second-order valence-corrected chi connectivity index (χ2v) is 7.54. The Morgan fingerprint density at radius 3 is 2.29 bits per heavy atom. The van der Waals surface area contributed by atoms with Gasteiger partial charge in [-0.15, -0.1) is 0 Å². The second kappa shape index (κ2) is 8.53. The minimum atomic E-state index is -0.202. The van der Waals surface area contributed by atoms with Crippen molar-refractivity contribution in [1.82, 2.24) is 4.90 Å². The van der Waals surface area contributed by atoms with Crippen LogP contribution in [0.15, 0.2) is 71.1 Å². The Morgan fingerprint density at radius 2 is 1.61 bits per heavy atom. The molecule has 0 atom stereocenters. The summed E-state index contributed by atoms with van der Waals surface area (Å²) in [6.07, 6.45) is 0. The molecule has 0 unspecified atom stereocenters. The molecular weight excluding hydrogens is 394 g/mol. The molecule has 0 amide bonds. The number of nitrogens with zero attached hydrogens (tertiary/aromatic N) is 1. The van der Waals surface area contributed by atoms with Crippen LogP contribution in [0, 0.1) is 0 Å². The molecule has 0 radical (unpaired) electrons. The van der Waals surface area contributed by atoms with Crippen LogP contribution in [0.3, 0.4) is 0 Å². The van der Waals surface area contributed by atoms with E-state index in [1.165, 1.54) is 24.3 Å². The van der Waals surface area contributed by atoms with Gasteiger partial charge >= 0.3 is 0 Å². The third-order valence-corrected chi connectivity index (χ3v) is 4.95. The summed E-state index contributed by atoms with van der Waals surface area (Å²) in [4.78, 5) is 15.5. The van der Waals surface area contributed by atoms with Gasteiger partial charge in [0.25, 0.3) is 0 Å². The molecule has 0 aliphatic rings. The van der Waals surface area contributed by atoms with Gasteiger partial charge < -0.3 is 24.3 Å². The molecule has 4 aromatic rings. The third-order valence-electron chi connectivity index (χ3n) is 4.95. The smallest absolute Gasteiger partial charge is 0.197 e. The Kier molecular flexibility index (Phi) is 5.64. The largest absolute Gasteiger partial charge is 0.508 e. The summed E-state index contributed by atoms with van der Waals surface area (Å²) in [5.74, 6) is 1.05. The molecular formula is C25H23NO5. The van der Waals surface area contributed by atoms with E-state index in [0.29, 0.717) is 45.8 Å². The molecule has 1 heterocycles. The van der Waals surface area contributed by atoms with Crippen LogP contribution < -0.4 is 4.74 Å². The molecule has 0 aliphatic heterocycles. The first kappa shape index (κ1) is 20.5. The van der Waals surface area contributed by atoms with Crippen molar-refractivity contribution in [3.63, 3.8) is 0 Å². The first-order valence-electron chi connectivity index (χ1n) is 9.89. The number of carbonyl (C=O) groups is 1. The van der Waals surface area contributed by atoms with E-state index in [1.54, 1.807) is 42.5 Å². The highest BCUT2D eigenvalue weighted by molar-refractivity contribution is 6.19. The molecule has 4 rings (SSSR count). The van der Waals surface area contributed by atoms with E-state index < -0.39 is 0 Å². The van der Waals surface area contributed by atoms with Gasteiger partial charge in [0.1, 0.15) is 35.2 Å². The molecule has 6 heteroatoms. The van der Waals surface area contributed by atoms with Gasteiger partial charge in [-0.2, -0.15) is 0 Å². The lowest BCUT2D eigenvalue weighted by molar-refractivity contribution is 0.104. The Bertz CT molecular complexity index is 1210. The van der Waals surface area contributed by atoms with Gasteiger partial charge in [-0.25, -0.2) is 0 Å². The lowest BCUT2D eigenvalue weighted by Gasteiger charge is -2.11. The number of phenolic OH excluding ortho intramolecular Hbond substituents is 2. The average molecular weight is 417 g/mol. The number of carbonyl (C=O) groups excluding carboxylic acids is 1. The number of likely N-dealkylation sites (N-methyl/N-ethyl adjacent to an activating group) is 1. The number of hydrogen-bond acceptors (Lipinski definition) is 6. The van der Waals surface area contributed by atoms with Crippen molar-refractivity contribution < 1.29 is 24.2 Å². The molecule has 0 bridgehead atoms. The Morgan fingerprint density at radius 1 is 0.935 bits per heavy atom. The SMILES string of the molecule is CN(C)CCOc1ccc(C(=O)c2c(-c3ccc(O)cc3)oc3cc(O)ccc23)cc1. The Hall–Kier alpha value is -3.77. The predicted molar refractivity (Wildman–Crippen MR) is 119 cm³/mol. The lowest BCUT2D eigenvalue weighted by Crippen LogP contribution is -2.19. The zero-order valence-corrected chi connectivity index (χ0v) is 17.3. The number of hydrogen-bond donors (Lipinski definition) is 2. The van der Waals surface area contributed by atoms with E-state index in [0.717, 1.165) is 6.54 Å². The predicted octanol–water partition coefficient (Wildman–Crippen LogP) is 4.68. The van der Waals surface area contributed by atoms with Gasteiger partial charge in [-0.1, -0.05) is 0 Å². The van der Waals surface area contributed by atoms with E-state index >= 15 is 0 Å². The van der Waals surface area contributed by atoms with Crippen molar-refractivity contribution in [2.45, 2.75) is 0 Å². The van der Waals surface area contributed by atoms with Gasteiger partial charge in [-0.3, -0.25) is 4.79 Å². The first-order valence-corrected chi connectivity index (χ1v) is 9.89. The van der Waals surface area contributed by atoms with Crippen molar-refractivity contribution in [3.05, 3.63) is 77.9 Å². The third kappa shape index (κ3) is 4.39. The normalized spacial score (nSPS) is 11.2. The van der Waals surface area contributed by atoms with Crippen LogP contribution in [0.1, 0.15) is 15.9 Å². The number of ether oxygens (including phenoxy) is 1. The molecule has 0 saturated carbocycles. The maximum absolute atomic E-state index is 13.5.